The minimum Gasteiger partial charge on any atom is -0.348 e. The van der Waals surface area contributed by atoms with Gasteiger partial charge in [0.05, 0.1) is 17.6 Å². The van der Waals surface area contributed by atoms with Gasteiger partial charge in [0.25, 0.3) is 5.56 Å². The first-order chi connectivity index (χ1) is 11.5. The van der Waals surface area contributed by atoms with Gasteiger partial charge >= 0.3 is 0 Å². The maximum atomic E-state index is 12.3. The molecule has 24 heavy (non-hydrogen) atoms. The molecule has 0 unspecified atom stereocenters. The second-order valence-electron chi connectivity index (χ2n) is 5.77. The number of nitrogens with one attached hydrogen (secondary N) is 1. The normalized spacial score (nSPS) is 12.1. The number of rotatable bonds is 4. The van der Waals surface area contributed by atoms with Gasteiger partial charge in [-0.15, -0.1) is 0 Å². The molecule has 3 aromatic rings. The van der Waals surface area contributed by atoms with Crippen molar-refractivity contribution in [2.45, 2.75) is 26.4 Å². The highest BCUT2D eigenvalue weighted by atomic mass is 16.2. The van der Waals surface area contributed by atoms with E-state index < -0.39 is 0 Å². The molecule has 2 aromatic heterocycles. The minimum atomic E-state index is -0.321. The highest BCUT2D eigenvalue weighted by Crippen LogP contribution is 2.13. The van der Waals surface area contributed by atoms with Crippen molar-refractivity contribution < 1.29 is 4.79 Å². The van der Waals surface area contributed by atoms with Gasteiger partial charge in [-0.2, -0.15) is 5.10 Å². The molecule has 2 heterocycles. The number of hydrogen-bond acceptors (Lipinski definition) is 4. The van der Waals surface area contributed by atoms with Gasteiger partial charge in [-0.05, 0) is 25.5 Å². The Balaban J connectivity index is 1.74. The first-order valence-electron chi connectivity index (χ1n) is 7.70. The van der Waals surface area contributed by atoms with E-state index >= 15 is 0 Å². The second-order valence-corrected chi connectivity index (χ2v) is 5.77. The van der Waals surface area contributed by atoms with Crippen LogP contribution in [-0.2, 0) is 11.3 Å². The number of amides is 1. The summed E-state index contributed by atoms with van der Waals surface area (Å²) >= 11 is 0. The van der Waals surface area contributed by atoms with Crippen molar-refractivity contribution in [3.8, 4) is 0 Å². The molecule has 0 fully saturated rings. The zero-order valence-electron chi connectivity index (χ0n) is 13.6. The highest BCUT2D eigenvalue weighted by Gasteiger charge is 2.12. The zero-order valence-corrected chi connectivity index (χ0v) is 13.6. The summed E-state index contributed by atoms with van der Waals surface area (Å²) in [7, 11) is 0. The van der Waals surface area contributed by atoms with Crippen LogP contribution in [0.4, 0.5) is 0 Å². The average molecular weight is 322 g/mol. The molecule has 1 aromatic carbocycles. The summed E-state index contributed by atoms with van der Waals surface area (Å²) in [4.78, 5) is 28.5. The van der Waals surface area contributed by atoms with Gasteiger partial charge in [-0.1, -0.05) is 29.8 Å². The highest BCUT2D eigenvalue weighted by molar-refractivity contribution is 5.80. The fraction of sp³-hybridized carbons (Fsp3) is 0.222. The average Bonchev–Trinajstić information content (AvgIpc) is 2.58. The summed E-state index contributed by atoms with van der Waals surface area (Å²) in [6.07, 6.45) is 4.65. The van der Waals surface area contributed by atoms with Crippen LogP contribution in [0, 0.1) is 6.92 Å². The molecule has 3 rings (SSSR count). The SMILES string of the molecule is Cc1ccc([C@H](C)NC(=O)Cn2ncc3ccncc3c2=O)cc1. The number of carbonyl (C=O) groups is 1. The number of fused-ring (bicyclic) bond motifs is 1. The topological polar surface area (TPSA) is 76.9 Å². The van der Waals surface area contributed by atoms with Crippen LogP contribution in [0.15, 0.2) is 53.7 Å². The van der Waals surface area contributed by atoms with Crippen molar-refractivity contribution in [3.63, 3.8) is 0 Å². The Morgan fingerprint density at radius 3 is 2.71 bits per heavy atom. The molecule has 0 saturated heterocycles. The summed E-state index contributed by atoms with van der Waals surface area (Å²) in [6, 6.07) is 9.53. The van der Waals surface area contributed by atoms with Gasteiger partial charge in [0.2, 0.25) is 5.91 Å². The maximum Gasteiger partial charge on any atom is 0.276 e. The molecule has 0 bridgehead atoms. The molecule has 1 atom stereocenters. The Hall–Kier alpha value is -3.02. The van der Waals surface area contributed by atoms with Crippen LogP contribution in [0.1, 0.15) is 24.1 Å². The lowest BCUT2D eigenvalue weighted by Gasteiger charge is -2.15. The van der Waals surface area contributed by atoms with E-state index in [0.717, 1.165) is 15.8 Å². The number of carbonyl (C=O) groups excluding carboxylic acids is 1. The molecule has 1 amide bonds. The molecular formula is C18H18N4O2. The zero-order chi connectivity index (χ0) is 17.1. The molecular weight excluding hydrogens is 304 g/mol. The Labute approximate surface area is 139 Å². The van der Waals surface area contributed by atoms with E-state index in [1.807, 2.05) is 38.1 Å². The molecule has 0 radical (unpaired) electrons. The largest absolute Gasteiger partial charge is 0.348 e. The van der Waals surface area contributed by atoms with E-state index in [4.69, 9.17) is 0 Å². The van der Waals surface area contributed by atoms with E-state index in [2.05, 4.69) is 15.4 Å². The maximum absolute atomic E-state index is 12.3. The van der Waals surface area contributed by atoms with Gasteiger partial charge in [0, 0.05) is 17.8 Å². The summed E-state index contributed by atoms with van der Waals surface area (Å²) in [5.41, 5.74) is 1.86. The first kappa shape index (κ1) is 15.9. The fourth-order valence-corrected chi connectivity index (χ4v) is 2.49. The van der Waals surface area contributed by atoms with Gasteiger partial charge < -0.3 is 5.32 Å². The molecule has 0 spiro atoms. The molecule has 6 nitrogen and oxygen atoms in total. The third-order valence-corrected chi connectivity index (χ3v) is 3.90. The number of hydrogen-bond donors (Lipinski definition) is 1. The van der Waals surface area contributed by atoms with Crippen molar-refractivity contribution in [1.82, 2.24) is 20.1 Å². The van der Waals surface area contributed by atoms with Crippen molar-refractivity contribution in [2.75, 3.05) is 0 Å². The van der Waals surface area contributed by atoms with Crippen LogP contribution in [0.2, 0.25) is 0 Å². The van der Waals surface area contributed by atoms with Crippen LogP contribution in [0.25, 0.3) is 10.8 Å². The van der Waals surface area contributed by atoms with Crippen LogP contribution in [0.5, 0.6) is 0 Å². The molecule has 0 aliphatic heterocycles. The molecule has 6 heteroatoms. The Kier molecular flexibility index (Phi) is 4.37. The summed E-state index contributed by atoms with van der Waals surface area (Å²) < 4.78 is 1.15. The Morgan fingerprint density at radius 1 is 1.21 bits per heavy atom. The number of aromatic nitrogens is 3. The van der Waals surface area contributed by atoms with Crippen molar-refractivity contribution >= 4 is 16.7 Å². The lowest BCUT2D eigenvalue weighted by atomic mass is 10.1. The van der Waals surface area contributed by atoms with Crippen LogP contribution < -0.4 is 10.9 Å². The number of pyridine rings is 1. The molecule has 0 aliphatic rings. The van der Waals surface area contributed by atoms with Gasteiger partial charge in [-0.25, -0.2) is 4.68 Å². The van der Waals surface area contributed by atoms with Gasteiger partial charge in [0.15, 0.2) is 0 Å². The van der Waals surface area contributed by atoms with E-state index in [0.29, 0.717) is 10.8 Å². The van der Waals surface area contributed by atoms with E-state index in [9.17, 15) is 9.59 Å². The Bertz CT molecular complexity index is 932. The lowest BCUT2D eigenvalue weighted by molar-refractivity contribution is -0.122. The van der Waals surface area contributed by atoms with E-state index in [1.54, 1.807) is 18.5 Å². The molecule has 1 N–H and O–H groups in total. The lowest BCUT2D eigenvalue weighted by Crippen LogP contribution is -2.35. The smallest absolute Gasteiger partial charge is 0.276 e. The second kappa shape index (κ2) is 6.62. The first-order valence-corrected chi connectivity index (χ1v) is 7.70. The molecule has 0 aliphatic carbocycles. The number of benzene rings is 1. The van der Waals surface area contributed by atoms with Gasteiger partial charge in [-0.3, -0.25) is 14.6 Å². The van der Waals surface area contributed by atoms with Gasteiger partial charge in [0.1, 0.15) is 6.54 Å². The third kappa shape index (κ3) is 3.32. The summed E-state index contributed by atoms with van der Waals surface area (Å²) in [5.74, 6) is -0.263. The number of nitrogens with zero attached hydrogens (tertiary/aromatic N) is 3. The van der Waals surface area contributed by atoms with Crippen LogP contribution >= 0.6 is 0 Å². The van der Waals surface area contributed by atoms with E-state index in [-0.39, 0.29) is 24.1 Å². The van der Waals surface area contributed by atoms with Crippen LogP contribution in [-0.4, -0.2) is 20.7 Å². The molecule has 0 saturated carbocycles. The predicted octanol–water partition coefficient (Wildman–Crippen LogP) is 1.98. The summed E-state index contributed by atoms with van der Waals surface area (Å²) in [5, 5.41) is 8.10. The molecule has 122 valence electrons. The standard InChI is InChI=1S/C18H18N4O2/c1-12-3-5-14(6-4-12)13(2)21-17(23)11-22-18(24)16-10-19-8-7-15(16)9-20-22/h3-10,13H,11H2,1-2H3,(H,21,23)/t13-/m0/s1. The number of aryl methyl sites for hydroxylation is 1. The summed E-state index contributed by atoms with van der Waals surface area (Å²) in [6.45, 7) is 3.79. The minimum absolute atomic E-state index is 0.125. The van der Waals surface area contributed by atoms with E-state index in [1.165, 1.54) is 6.20 Å². The van der Waals surface area contributed by atoms with Crippen molar-refractivity contribution in [1.29, 1.82) is 0 Å². The quantitative estimate of drug-likeness (QED) is 0.797. The van der Waals surface area contributed by atoms with Crippen molar-refractivity contribution in [2.24, 2.45) is 0 Å². The fourth-order valence-electron chi connectivity index (χ4n) is 2.49. The van der Waals surface area contributed by atoms with Crippen molar-refractivity contribution in [3.05, 3.63) is 70.4 Å². The third-order valence-electron chi connectivity index (χ3n) is 3.90. The predicted molar refractivity (Wildman–Crippen MR) is 91.5 cm³/mol. The Morgan fingerprint density at radius 2 is 1.96 bits per heavy atom. The monoisotopic (exact) mass is 322 g/mol. The van der Waals surface area contributed by atoms with Crippen LogP contribution in [0.3, 0.4) is 0 Å².